The van der Waals surface area contributed by atoms with Crippen molar-refractivity contribution in [2.24, 2.45) is 7.05 Å². The minimum atomic E-state index is -0.325. The number of aryl methyl sites for hydroxylation is 1. The molecule has 1 aromatic carbocycles. The van der Waals surface area contributed by atoms with Crippen molar-refractivity contribution in [1.82, 2.24) is 24.8 Å². The van der Waals surface area contributed by atoms with E-state index in [4.69, 9.17) is 9.15 Å². The lowest BCUT2D eigenvalue weighted by atomic mass is 10.2. The van der Waals surface area contributed by atoms with Gasteiger partial charge in [0.1, 0.15) is 12.9 Å². The molecule has 0 fully saturated rings. The van der Waals surface area contributed by atoms with Crippen LogP contribution in [0.1, 0.15) is 5.56 Å². The van der Waals surface area contributed by atoms with Crippen LogP contribution < -0.4 is 10.4 Å². The normalized spacial score (nSPS) is 10.8. The topological polar surface area (TPSA) is 88.0 Å². The van der Waals surface area contributed by atoms with E-state index in [-0.39, 0.29) is 18.4 Å². The van der Waals surface area contributed by atoms with Gasteiger partial charge in [0, 0.05) is 16.2 Å². The number of rotatable bonds is 4. The van der Waals surface area contributed by atoms with Crippen molar-refractivity contribution in [3.05, 3.63) is 50.3 Å². The predicted octanol–water partition coefficient (Wildman–Crippen LogP) is 1.14. The molecule has 2 heterocycles. The van der Waals surface area contributed by atoms with E-state index in [1.54, 1.807) is 13.1 Å². The van der Waals surface area contributed by atoms with Crippen LogP contribution in [0.5, 0.6) is 6.08 Å². The molecular weight excluding hydrogens is 389 g/mol. The van der Waals surface area contributed by atoms with Gasteiger partial charge in [-0.15, -0.1) is 0 Å². The summed E-state index contributed by atoms with van der Waals surface area (Å²) in [7, 11) is 1.54. The van der Waals surface area contributed by atoms with Gasteiger partial charge in [-0.05, 0) is 45.2 Å². The van der Waals surface area contributed by atoms with Crippen molar-refractivity contribution in [2.45, 2.75) is 6.61 Å². The number of nitrogens with zero attached hydrogens (tertiary/aromatic N) is 5. The Hall–Kier alpha value is -2.17. The summed E-state index contributed by atoms with van der Waals surface area (Å²) in [6.45, 7) is 0.206. The maximum absolute atomic E-state index is 12.0. The van der Waals surface area contributed by atoms with Gasteiger partial charge in [0.05, 0.1) is 11.9 Å². The zero-order valence-electron chi connectivity index (χ0n) is 10.9. The van der Waals surface area contributed by atoms with Crippen molar-refractivity contribution in [1.29, 1.82) is 0 Å². The zero-order valence-corrected chi connectivity index (χ0v) is 13.1. The van der Waals surface area contributed by atoms with Gasteiger partial charge < -0.3 is 9.15 Å². The van der Waals surface area contributed by atoms with Gasteiger partial charge in [-0.25, -0.2) is 4.79 Å². The highest BCUT2D eigenvalue weighted by molar-refractivity contribution is 14.1. The van der Waals surface area contributed by atoms with Gasteiger partial charge in [-0.3, -0.25) is 0 Å². The minimum Gasteiger partial charge on any atom is -0.445 e. The van der Waals surface area contributed by atoms with Crippen LogP contribution in [0, 0.1) is 3.57 Å². The molecule has 3 aromatic rings. The van der Waals surface area contributed by atoms with Crippen molar-refractivity contribution < 1.29 is 9.15 Å². The Morgan fingerprint density at radius 2 is 2.24 bits per heavy atom. The summed E-state index contributed by atoms with van der Waals surface area (Å²) in [6.07, 6.45) is 3.10. The molecule has 0 amide bonds. The van der Waals surface area contributed by atoms with Crippen LogP contribution in [-0.2, 0) is 13.7 Å². The number of ether oxygens (including phenoxy) is 1. The molecule has 0 saturated heterocycles. The zero-order chi connectivity index (χ0) is 14.8. The standard InChI is InChI=1S/C12H10IN5O3/c1-17-12(19)18(16-15-17)10-4-2-3-9(13)8(10)7-21-11-14-5-6-20-11/h2-6H,7H2,1H3. The molecule has 3 rings (SSSR count). The number of oxazole rings is 1. The molecule has 0 bridgehead atoms. The summed E-state index contributed by atoms with van der Waals surface area (Å²) in [4.78, 5) is 15.9. The number of hydrogen-bond acceptors (Lipinski definition) is 6. The van der Waals surface area contributed by atoms with Crippen molar-refractivity contribution in [2.75, 3.05) is 0 Å². The van der Waals surface area contributed by atoms with Crippen LogP contribution in [0.3, 0.4) is 0 Å². The van der Waals surface area contributed by atoms with Crippen LogP contribution in [-0.4, -0.2) is 24.8 Å². The van der Waals surface area contributed by atoms with Crippen molar-refractivity contribution in [3.8, 4) is 11.8 Å². The number of aromatic nitrogens is 5. The van der Waals surface area contributed by atoms with Gasteiger partial charge in [-0.1, -0.05) is 6.07 Å². The average molecular weight is 399 g/mol. The molecule has 0 saturated carbocycles. The van der Waals surface area contributed by atoms with Crippen LogP contribution >= 0.6 is 22.6 Å². The summed E-state index contributed by atoms with van der Waals surface area (Å²) in [5.41, 5.74) is 1.10. The van der Waals surface area contributed by atoms with Crippen LogP contribution in [0.25, 0.3) is 5.69 Å². The summed E-state index contributed by atoms with van der Waals surface area (Å²) < 4.78 is 13.8. The molecule has 0 radical (unpaired) electrons. The van der Waals surface area contributed by atoms with Gasteiger partial charge in [0.15, 0.2) is 0 Å². The number of halogens is 1. The second kappa shape index (κ2) is 5.68. The highest BCUT2D eigenvalue weighted by atomic mass is 127. The van der Waals surface area contributed by atoms with Gasteiger partial charge >= 0.3 is 11.8 Å². The summed E-state index contributed by atoms with van der Waals surface area (Å²) in [6, 6.07) is 5.54. The van der Waals surface area contributed by atoms with Crippen molar-refractivity contribution >= 4 is 22.6 Å². The minimum absolute atomic E-state index is 0.173. The molecular formula is C12H10IN5O3. The van der Waals surface area contributed by atoms with E-state index >= 15 is 0 Å². The highest BCUT2D eigenvalue weighted by Crippen LogP contribution is 2.21. The third kappa shape index (κ3) is 2.68. The van der Waals surface area contributed by atoms with Crippen molar-refractivity contribution in [3.63, 3.8) is 0 Å². The van der Waals surface area contributed by atoms with E-state index in [0.29, 0.717) is 5.69 Å². The first-order valence-electron chi connectivity index (χ1n) is 5.96. The van der Waals surface area contributed by atoms with Gasteiger partial charge in [0.25, 0.3) is 0 Å². The lowest BCUT2D eigenvalue weighted by Gasteiger charge is -2.10. The molecule has 0 unspecified atom stereocenters. The second-order valence-corrected chi connectivity index (χ2v) is 5.28. The Labute approximate surface area is 132 Å². The van der Waals surface area contributed by atoms with E-state index in [0.717, 1.165) is 9.13 Å². The van der Waals surface area contributed by atoms with Gasteiger partial charge in [0.2, 0.25) is 0 Å². The smallest absolute Gasteiger partial charge is 0.393 e. The maximum Gasteiger partial charge on any atom is 0.393 e. The molecule has 0 spiro atoms. The van der Waals surface area contributed by atoms with Gasteiger partial charge in [-0.2, -0.15) is 14.3 Å². The Bertz CT molecular complexity index is 809. The summed E-state index contributed by atoms with van der Waals surface area (Å²) in [5.74, 6) is 0. The first-order chi connectivity index (χ1) is 10.2. The third-order valence-electron chi connectivity index (χ3n) is 2.79. The predicted molar refractivity (Wildman–Crippen MR) is 80.2 cm³/mol. The maximum atomic E-state index is 12.0. The fraction of sp³-hybridized carbons (Fsp3) is 0.167. The lowest BCUT2D eigenvalue weighted by molar-refractivity contribution is 0.219. The molecule has 0 aliphatic carbocycles. The largest absolute Gasteiger partial charge is 0.445 e. The van der Waals surface area contributed by atoms with E-state index < -0.39 is 0 Å². The lowest BCUT2D eigenvalue weighted by Crippen LogP contribution is -2.23. The van der Waals surface area contributed by atoms with E-state index in [1.807, 2.05) is 12.1 Å². The van der Waals surface area contributed by atoms with Crippen LogP contribution in [0.4, 0.5) is 0 Å². The molecule has 0 atom stereocenters. The number of tetrazole rings is 1. The average Bonchev–Trinajstić information content (AvgIpc) is 3.09. The molecule has 0 aliphatic rings. The highest BCUT2D eigenvalue weighted by Gasteiger charge is 2.14. The monoisotopic (exact) mass is 399 g/mol. The number of hydrogen-bond donors (Lipinski definition) is 0. The molecule has 2 aromatic heterocycles. The second-order valence-electron chi connectivity index (χ2n) is 4.12. The molecule has 21 heavy (non-hydrogen) atoms. The fourth-order valence-corrected chi connectivity index (χ4v) is 2.41. The first-order valence-corrected chi connectivity index (χ1v) is 7.04. The Morgan fingerprint density at radius 3 is 2.90 bits per heavy atom. The molecule has 9 heteroatoms. The first kappa shape index (κ1) is 13.8. The number of benzene rings is 1. The SMILES string of the molecule is Cn1nnn(-c2cccc(I)c2COc2ncco2)c1=O. The fourth-order valence-electron chi connectivity index (χ4n) is 1.77. The molecule has 8 nitrogen and oxygen atoms in total. The Kier molecular flexibility index (Phi) is 3.73. The molecule has 0 N–H and O–H groups in total. The quantitative estimate of drug-likeness (QED) is 0.612. The summed E-state index contributed by atoms with van der Waals surface area (Å²) in [5, 5.41) is 7.57. The molecule has 108 valence electrons. The van der Waals surface area contributed by atoms with E-state index in [2.05, 4.69) is 38.0 Å². The third-order valence-corrected chi connectivity index (χ3v) is 3.80. The Balaban J connectivity index is 1.99. The van der Waals surface area contributed by atoms with E-state index in [9.17, 15) is 4.79 Å². The summed E-state index contributed by atoms with van der Waals surface area (Å²) >= 11 is 2.17. The molecule has 0 aliphatic heterocycles. The van der Waals surface area contributed by atoms with Crippen LogP contribution in [0.15, 0.2) is 39.9 Å². The Morgan fingerprint density at radius 1 is 1.38 bits per heavy atom. The van der Waals surface area contributed by atoms with E-state index in [1.165, 1.54) is 21.8 Å². The van der Waals surface area contributed by atoms with Crippen LogP contribution in [0.2, 0.25) is 0 Å².